The number of alkyl halides is 3. The summed E-state index contributed by atoms with van der Waals surface area (Å²) in [7, 11) is 1.24. The van der Waals surface area contributed by atoms with E-state index in [4.69, 9.17) is 0 Å². The molecule has 0 radical (unpaired) electrons. The van der Waals surface area contributed by atoms with Gasteiger partial charge in [0.05, 0.1) is 0 Å². The lowest BCUT2D eigenvalue weighted by Crippen LogP contribution is -2.48. The molecule has 0 unspecified atom stereocenters. The van der Waals surface area contributed by atoms with Gasteiger partial charge >= 0.3 is 23.4 Å². The van der Waals surface area contributed by atoms with E-state index in [1.165, 1.54) is 11.6 Å². The third-order valence-corrected chi connectivity index (χ3v) is 4.81. The number of carbonyl (C=O) groups excluding carboxylic acids is 1. The summed E-state index contributed by atoms with van der Waals surface area (Å²) in [4.78, 5) is 47.3. The van der Waals surface area contributed by atoms with Crippen LogP contribution in [0.1, 0.15) is 20.3 Å². The van der Waals surface area contributed by atoms with Crippen molar-refractivity contribution in [3.05, 3.63) is 32.5 Å². The molecule has 2 aromatic heterocycles. The van der Waals surface area contributed by atoms with Crippen LogP contribution in [0.3, 0.4) is 0 Å². The van der Waals surface area contributed by atoms with Crippen LogP contribution in [-0.4, -0.2) is 57.2 Å². The van der Waals surface area contributed by atoms with Crippen LogP contribution in [0, 0.1) is 0 Å². The highest BCUT2D eigenvalue weighted by Crippen LogP contribution is 2.21. The zero-order valence-electron chi connectivity index (χ0n) is 17.3. The molecule has 0 aromatic carbocycles. The summed E-state index contributed by atoms with van der Waals surface area (Å²) in [6, 6.07) is 0. The first kappa shape index (κ1) is 22.6. The van der Waals surface area contributed by atoms with Gasteiger partial charge < -0.3 is 19.6 Å². The van der Waals surface area contributed by atoms with Crippen LogP contribution >= 0.6 is 0 Å². The van der Waals surface area contributed by atoms with Gasteiger partial charge in [0.1, 0.15) is 0 Å². The normalized spacial score (nSPS) is 15.1. The first-order valence-electron chi connectivity index (χ1n) is 9.63. The number of hydrogen-bond acceptors (Lipinski definition) is 7. The fourth-order valence-corrected chi connectivity index (χ4v) is 3.23. The lowest BCUT2D eigenvalue weighted by molar-refractivity contribution is -0.200. The lowest BCUT2D eigenvalue weighted by Gasteiger charge is -2.21. The van der Waals surface area contributed by atoms with Gasteiger partial charge in [0.15, 0.2) is 11.2 Å². The van der Waals surface area contributed by atoms with Crippen molar-refractivity contribution in [2.45, 2.75) is 33.0 Å². The Morgan fingerprint density at radius 3 is 2.58 bits per heavy atom. The van der Waals surface area contributed by atoms with Gasteiger partial charge in [-0.05, 0) is 26.8 Å². The van der Waals surface area contributed by atoms with Crippen molar-refractivity contribution in [1.29, 1.82) is 0 Å². The molecular formula is C18H23F3N6O4. The number of fused-ring (bicyclic) bond motifs is 1. The third kappa shape index (κ3) is 4.50. The molecule has 31 heavy (non-hydrogen) atoms. The number of halogens is 3. The molecule has 0 amide bonds. The quantitative estimate of drug-likeness (QED) is 0.671. The minimum absolute atomic E-state index is 0.0105. The van der Waals surface area contributed by atoms with E-state index in [0.717, 1.165) is 23.1 Å². The number of nitrogens with one attached hydrogen (secondary N) is 1. The number of imidazole rings is 1. The highest BCUT2D eigenvalue weighted by molar-refractivity contribution is 5.77. The molecule has 0 aliphatic carbocycles. The number of rotatable bonds is 4. The second-order valence-electron chi connectivity index (χ2n) is 7.38. The number of allylic oxidation sites excluding steroid dienone is 2. The van der Waals surface area contributed by atoms with Crippen molar-refractivity contribution in [2.24, 2.45) is 7.05 Å². The Labute approximate surface area is 174 Å². The summed E-state index contributed by atoms with van der Waals surface area (Å²) in [6.45, 7) is 6.61. The van der Waals surface area contributed by atoms with Crippen molar-refractivity contribution in [3.8, 4) is 0 Å². The van der Waals surface area contributed by atoms with Crippen molar-refractivity contribution in [3.63, 3.8) is 0 Å². The summed E-state index contributed by atoms with van der Waals surface area (Å²) in [5.41, 5.74) is -1.64. The van der Waals surface area contributed by atoms with Crippen molar-refractivity contribution >= 4 is 23.1 Å². The summed E-state index contributed by atoms with van der Waals surface area (Å²) in [5.74, 6) is -2.26. The maximum absolute atomic E-state index is 13.0. The molecule has 1 aliphatic heterocycles. The van der Waals surface area contributed by atoms with Gasteiger partial charge in [-0.25, -0.2) is 9.59 Å². The van der Waals surface area contributed by atoms with Crippen LogP contribution < -0.4 is 26.3 Å². The van der Waals surface area contributed by atoms with Gasteiger partial charge in [0, 0.05) is 33.2 Å². The molecule has 10 nitrogen and oxygen atoms in total. The molecule has 0 atom stereocenters. The van der Waals surface area contributed by atoms with Gasteiger partial charge in [0.2, 0.25) is 5.95 Å². The van der Waals surface area contributed by atoms with E-state index in [2.05, 4.69) is 15.1 Å². The Bertz CT molecular complexity index is 1130. The molecule has 170 valence electrons. The average molecular weight is 444 g/mol. The van der Waals surface area contributed by atoms with Crippen LogP contribution in [0.4, 0.5) is 19.1 Å². The second-order valence-corrected chi connectivity index (χ2v) is 7.38. The van der Waals surface area contributed by atoms with Gasteiger partial charge in [-0.1, -0.05) is 16.4 Å². The van der Waals surface area contributed by atoms with E-state index in [1.54, 1.807) is 0 Å². The molecule has 3 heterocycles. The first-order chi connectivity index (χ1) is 14.5. The highest BCUT2D eigenvalue weighted by atomic mass is 19.4. The molecule has 2 aromatic rings. The Kier molecular flexibility index (Phi) is 6.25. The fraction of sp³-hybridized carbons (Fsp3) is 0.556. The number of aromatic nitrogens is 4. The number of aryl methyl sites for hydroxylation is 1. The van der Waals surface area contributed by atoms with E-state index >= 15 is 0 Å². The standard InChI is InChI=1S/C18H23F3N6O4/c1-11(2)5-9-26-12-13(23-16(26)25-8-4-6-22-7-10-25)24(3)17(30)27(14(12)28)31-15(29)18(19,20)21/h5,22H,4,6-10H2,1-3H3. The van der Waals surface area contributed by atoms with Crippen LogP contribution in [0.5, 0.6) is 0 Å². The average Bonchev–Trinajstić information content (AvgIpc) is 2.86. The number of anilines is 1. The van der Waals surface area contributed by atoms with Crippen molar-refractivity contribution in [1.82, 2.24) is 24.2 Å². The van der Waals surface area contributed by atoms with Gasteiger partial charge in [-0.2, -0.15) is 18.2 Å². The molecule has 1 fully saturated rings. The molecule has 1 N–H and O–H groups in total. The molecule has 13 heteroatoms. The summed E-state index contributed by atoms with van der Waals surface area (Å²) >= 11 is 0. The van der Waals surface area contributed by atoms with E-state index in [0.29, 0.717) is 25.6 Å². The van der Waals surface area contributed by atoms with E-state index in [9.17, 15) is 27.6 Å². The summed E-state index contributed by atoms with van der Waals surface area (Å²) < 4.78 is 40.2. The Hall–Kier alpha value is -3.09. The minimum Gasteiger partial charge on any atom is -0.341 e. The smallest absolute Gasteiger partial charge is 0.341 e. The number of nitrogens with zero attached hydrogens (tertiary/aromatic N) is 5. The van der Waals surface area contributed by atoms with Crippen LogP contribution in [0.2, 0.25) is 0 Å². The van der Waals surface area contributed by atoms with E-state index in [-0.39, 0.29) is 22.4 Å². The molecule has 1 aliphatic rings. The Morgan fingerprint density at radius 1 is 1.23 bits per heavy atom. The lowest BCUT2D eigenvalue weighted by atomic mass is 10.3. The topological polar surface area (TPSA) is 103 Å². The molecule has 0 bridgehead atoms. The SMILES string of the molecule is CC(C)=CCn1c(N2CCCNCC2)nc2c1c(=O)n(OC(=O)C(F)(F)F)c(=O)n2C. The van der Waals surface area contributed by atoms with Crippen LogP contribution in [-0.2, 0) is 18.4 Å². The molecule has 0 spiro atoms. The third-order valence-electron chi connectivity index (χ3n) is 4.81. The first-order valence-corrected chi connectivity index (χ1v) is 9.63. The minimum atomic E-state index is -5.37. The predicted octanol–water partition coefficient (Wildman–Crippen LogP) is 0.180. The predicted molar refractivity (Wildman–Crippen MR) is 106 cm³/mol. The summed E-state index contributed by atoms with van der Waals surface area (Å²) in [5, 5.41) is 3.25. The monoisotopic (exact) mass is 444 g/mol. The maximum Gasteiger partial charge on any atom is 0.493 e. The highest BCUT2D eigenvalue weighted by Gasteiger charge is 2.43. The zero-order valence-corrected chi connectivity index (χ0v) is 17.3. The number of hydrogen-bond donors (Lipinski definition) is 1. The molecule has 0 saturated carbocycles. The Balaban J connectivity index is 2.26. The number of carbonyl (C=O) groups is 1. The van der Waals surface area contributed by atoms with Crippen LogP contribution in [0.15, 0.2) is 21.2 Å². The van der Waals surface area contributed by atoms with Gasteiger partial charge in [0.25, 0.3) is 0 Å². The maximum atomic E-state index is 13.0. The van der Waals surface area contributed by atoms with Crippen molar-refractivity contribution in [2.75, 3.05) is 31.1 Å². The fourth-order valence-electron chi connectivity index (χ4n) is 3.23. The molecule has 1 saturated heterocycles. The Morgan fingerprint density at radius 2 is 1.94 bits per heavy atom. The van der Waals surface area contributed by atoms with E-state index in [1.807, 2.05) is 24.8 Å². The second kappa shape index (κ2) is 8.57. The molecular weight excluding hydrogens is 421 g/mol. The van der Waals surface area contributed by atoms with Crippen LogP contribution in [0.25, 0.3) is 11.2 Å². The zero-order chi connectivity index (χ0) is 22.9. The van der Waals surface area contributed by atoms with Crippen molar-refractivity contribution < 1.29 is 22.8 Å². The molecule has 3 rings (SSSR count). The van der Waals surface area contributed by atoms with Gasteiger partial charge in [-0.3, -0.25) is 9.36 Å². The summed E-state index contributed by atoms with van der Waals surface area (Å²) in [6.07, 6.45) is -2.73. The van der Waals surface area contributed by atoms with Gasteiger partial charge in [-0.15, -0.1) is 0 Å². The van der Waals surface area contributed by atoms with E-state index < -0.39 is 23.4 Å². The largest absolute Gasteiger partial charge is 0.493 e.